The average molecular weight is 539 g/mol. The summed E-state index contributed by atoms with van der Waals surface area (Å²) in [6.45, 7) is 11.6. The predicted molar refractivity (Wildman–Crippen MR) is 137 cm³/mol. The molecule has 214 valence electrons. The number of nitrogens with zero attached hydrogens (tertiary/aromatic N) is 1. The van der Waals surface area contributed by atoms with E-state index in [0.29, 0.717) is 12.8 Å². The molecule has 4 amide bonds. The maximum absolute atomic E-state index is 13.9. The van der Waals surface area contributed by atoms with Crippen molar-refractivity contribution >= 4 is 35.6 Å². The number of aliphatic carboxylic acids is 1. The van der Waals surface area contributed by atoms with Gasteiger partial charge in [-0.15, -0.1) is 0 Å². The van der Waals surface area contributed by atoms with Gasteiger partial charge < -0.3 is 30.7 Å². The lowest BCUT2D eigenvalue weighted by atomic mass is 9.85. The molecule has 4 unspecified atom stereocenters. The van der Waals surface area contributed by atoms with Crippen molar-refractivity contribution in [3.8, 4) is 0 Å². The summed E-state index contributed by atoms with van der Waals surface area (Å²) in [6, 6.07) is -3.17. The van der Waals surface area contributed by atoms with Gasteiger partial charge in [0.05, 0.1) is 6.04 Å². The molecular formula is C26H42N4O8. The van der Waals surface area contributed by atoms with E-state index in [9.17, 15) is 28.8 Å². The van der Waals surface area contributed by atoms with E-state index >= 15 is 0 Å². The lowest BCUT2D eigenvalue weighted by Gasteiger charge is -2.40. The number of amides is 4. The van der Waals surface area contributed by atoms with Gasteiger partial charge in [0.15, 0.2) is 0 Å². The number of hydrogen-bond acceptors (Lipinski definition) is 7. The number of carbonyl (C=O) groups excluding carboxylic acids is 5. The largest absolute Gasteiger partial charge is 0.480 e. The zero-order chi connectivity index (χ0) is 29.0. The van der Waals surface area contributed by atoms with Gasteiger partial charge in [-0.3, -0.25) is 24.0 Å². The molecule has 2 fully saturated rings. The minimum absolute atomic E-state index is 0.121. The number of hydrogen-bond donors (Lipinski definition) is 4. The molecule has 1 saturated carbocycles. The van der Waals surface area contributed by atoms with Crippen LogP contribution < -0.4 is 16.0 Å². The Hall–Kier alpha value is -3.18. The highest BCUT2D eigenvalue weighted by molar-refractivity contribution is 6.38. The van der Waals surface area contributed by atoms with Gasteiger partial charge in [-0.05, 0) is 57.8 Å². The Bertz CT molecular complexity index is 952. The van der Waals surface area contributed by atoms with Gasteiger partial charge in [-0.25, -0.2) is 4.79 Å². The molecule has 1 aliphatic heterocycles. The van der Waals surface area contributed by atoms with E-state index in [1.165, 1.54) is 4.90 Å². The number of alkyl carbamates (subject to hydrolysis) is 1. The molecule has 1 aliphatic carbocycles. The molecule has 38 heavy (non-hydrogen) atoms. The fourth-order valence-electron chi connectivity index (χ4n) is 5.08. The van der Waals surface area contributed by atoms with Gasteiger partial charge in [-0.1, -0.05) is 34.1 Å². The molecule has 1 heterocycles. The first-order valence-corrected chi connectivity index (χ1v) is 13.1. The molecule has 2 bridgehead atoms. The molecule has 0 spiro atoms. The molecule has 0 aromatic rings. The van der Waals surface area contributed by atoms with Crippen LogP contribution in [-0.2, 0) is 28.7 Å². The van der Waals surface area contributed by atoms with Crippen LogP contribution in [0.2, 0.25) is 0 Å². The highest BCUT2D eigenvalue weighted by Crippen LogP contribution is 2.43. The van der Waals surface area contributed by atoms with Crippen LogP contribution in [0.1, 0.15) is 80.6 Å². The third kappa shape index (κ3) is 7.91. The minimum Gasteiger partial charge on any atom is -0.480 e. The smallest absolute Gasteiger partial charge is 0.408 e. The zero-order valence-corrected chi connectivity index (χ0v) is 23.4. The lowest BCUT2D eigenvalue weighted by Crippen LogP contribution is -2.62. The van der Waals surface area contributed by atoms with Crippen LogP contribution in [0, 0.1) is 11.3 Å². The Morgan fingerprint density at radius 3 is 2.16 bits per heavy atom. The predicted octanol–water partition coefficient (Wildman–Crippen LogP) is 1.36. The Morgan fingerprint density at radius 2 is 1.63 bits per heavy atom. The number of Topliss-reactive ketones (excluding diaryl/α,β-unsaturated/α-hetero) is 1. The zero-order valence-electron chi connectivity index (χ0n) is 23.4. The summed E-state index contributed by atoms with van der Waals surface area (Å²) in [5, 5.41) is 16.1. The van der Waals surface area contributed by atoms with Crippen molar-refractivity contribution in [2.45, 2.75) is 110 Å². The van der Waals surface area contributed by atoms with Crippen LogP contribution in [0.25, 0.3) is 0 Å². The number of likely N-dealkylation sites (tertiary alicyclic amines) is 1. The summed E-state index contributed by atoms with van der Waals surface area (Å²) in [7, 11) is 0. The molecular weight excluding hydrogens is 496 g/mol. The first-order valence-electron chi connectivity index (χ1n) is 13.1. The highest BCUT2D eigenvalue weighted by atomic mass is 16.6. The molecule has 12 heteroatoms. The first kappa shape index (κ1) is 31.0. The number of ketones is 1. The third-order valence-corrected chi connectivity index (χ3v) is 6.72. The normalized spacial score (nSPS) is 22.3. The van der Waals surface area contributed by atoms with Gasteiger partial charge in [0, 0.05) is 6.04 Å². The molecule has 2 rings (SSSR count). The molecule has 1 saturated heterocycles. The summed E-state index contributed by atoms with van der Waals surface area (Å²) in [6.07, 6.45) is 1.99. The van der Waals surface area contributed by atoms with Crippen molar-refractivity contribution in [1.82, 2.24) is 20.9 Å². The first-order chi connectivity index (χ1) is 17.5. The number of ether oxygens (including phenoxy) is 1. The topological polar surface area (TPSA) is 171 Å². The van der Waals surface area contributed by atoms with E-state index < -0.39 is 71.3 Å². The van der Waals surface area contributed by atoms with Crippen molar-refractivity contribution in [3.63, 3.8) is 0 Å². The van der Waals surface area contributed by atoms with E-state index in [4.69, 9.17) is 9.84 Å². The molecule has 5 atom stereocenters. The second kappa shape index (κ2) is 12.1. The van der Waals surface area contributed by atoms with E-state index in [-0.39, 0.29) is 18.4 Å². The standard InChI is InChI=1S/C26H42N4O8/c1-8-9-16(19(33)22(35)27-13-17(31)32)28-21(34)18-14-10-11-15(12-14)30(18)23(36)20(25(2,3)4)29-24(37)38-26(5,6)7/h14-16,18,20H,8-13H2,1-7H3,(H,27,35)(H,28,34)(H,29,37)(H,31,32)/t14?,15?,16?,18?,20-/m1/s1. The van der Waals surface area contributed by atoms with Crippen molar-refractivity contribution in [2.24, 2.45) is 11.3 Å². The summed E-state index contributed by atoms with van der Waals surface area (Å²) >= 11 is 0. The number of rotatable bonds is 10. The third-order valence-electron chi connectivity index (χ3n) is 6.72. The van der Waals surface area contributed by atoms with Crippen LogP contribution in [0.3, 0.4) is 0 Å². The van der Waals surface area contributed by atoms with Crippen molar-refractivity contribution in [1.29, 1.82) is 0 Å². The summed E-state index contributed by atoms with van der Waals surface area (Å²) < 4.78 is 5.36. The maximum Gasteiger partial charge on any atom is 0.408 e. The molecule has 0 radical (unpaired) electrons. The molecule has 2 aliphatic rings. The Morgan fingerprint density at radius 1 is 1.00 bits per heavy atom. The molecule has 4 N–H and O–H groups in total. The summed E-state index contributed by atoms with van der Waals surface area (Å²) in [4.78, 5) is 77.1. The van der Waals surface area contributed by atoms with Gasteiger partial charge in [0.2, 0.25) is 17.6 Å². The van der Waals surface area contributed by atoms with E-state index in [1.807, 2.05) is 26.1 Å². The SMILES string of the molecule is CCCC(NC(=O)C1C2CCC(C2)N1C(=O)[C@@H](NC(=O)OC(C)(C)C)C(C)(C)C)C(=O)C(=O)NCC(=O)O. The maximum atomic E-state index is 13.9. The number of fused-ring (bicyclic) bond motifs is 2. The van der Waals surface area contributed by atoms with E-state index in [2.05, 4.69) is 10.6 Å². The quantitative estimate of drug-likeness (QED) is 0.302. The monoisotopic (exact) mass is 538 g/mol. The van der Waals surface area contributed by atoms with Crippen molar-refractivity contribution in [2.75, 3.05) is 6.54 Å². The second-order valence-corrected chi connectivity index (χ2v) is 12.2. The molecule has 0 aromatic heterocycles. The van der Waals surface area contributed by atoms with Crippen LogP contribution in [-0.4, -0.2) is 81.9 Å². The lowest BCUT2D eigenvalue weighted by molar-refractivity contribution is -0.147. The summed E-state index contributed by atoms with van der Waals surface area (Å²) in [5.74, 6) is -4.42. The second-order valence-electron chi connectivity index (χ2n) is 12.2. The van der Waals surface area contributed by atoms with Gasteiger partial charge in [0.25, 0.3) is 5.91 Å². The van der Waals surface area contributed by atoms with E-state index in [0.717, 1.165) is 12.8 Å². The van der Waals surface area contributed by atoms with Gasteiger partial charge in [-0.2, -0.15) is 0 Å². The van der Waals surface area contributed by atoms with Crippen LogP contribution in [0.5, 0.6) is 0 Å². The Balaban J connectivity index is 2.25. The highest BCUT2D eigenvalue weighted by Gasteiger charge is 2.54. The fraction of sp³-hybridized carbons (Fsp3) is 0.769. The van der Waals surface area contributed by atoms with Gasteiger partial charge >= 0.3 is 12.1 Å². The molecule has 0 aromatic carbocycles. The van der Waals surface area contributed by atoms with Crippen LogP contribution >= 0.6 is 0 Å². The number of carbonyl (C=O) groups is 6. The average Bonchev–Trinajstić information content (AvgIpc) is 3.39. The summed E-state index contributed by atoms with van der Waals surface area (Å²) in [5.41, 5.74) is -1.46. The van der Waals surface area contributed by atoms with Crippen molar-refractivity contribution < 1.29 is 38.6 Å². The molecule has 12 nitrogen and oxygen atoms in total. The number of piperidine rings is 1. The minimum atomic E-state index is -1.30. The number of nitrogens with one attached hydrogen (secondary N) is 3. The van der Waals surface area contributed by atoms with Gasteiger partial charge in [0.1, 0.15) is 24.2 Å². The van der Waals surface area contributed by atoms with Crippen LogP contribution in [0.4, 0.5) is 4.79 Å². The number of carboxylic acid groups (broad SMARTS) is 1. The van der Waals surface area contributed by atoms with Crippen molar-refractivity contribution in [3.05, 3.63) is 0 Å². The fourth-order valence-corrected chi connectivity index (χ4v) is 5.08. The Labute approximate surface area is 223 Å². The Kier molecular flexibility index (Phi) is 9.90. The number of carboxylic acids is 1. The van der Waals surface area contributed by atoms with E-state index in [1.54, 1.807) is 27.7 Å². The van der Waals surface area contributed by atoms with Crippen LogP contribution in [0.15, 0.2) is 0 Å².